The number of hydrogen-bond donors (Lipinski definition) is 1. The fourth-order valence-electron chi connectivity index (χ4n) is 3.82. The van der Waals surface area contributed by atoms with Crippen molar-refractivity contribution in [1.29, 1.82) is 0 Å². The Labute approximate surface area is 163 Å². The molecule has 0 aliphatic carbocycles. The lowest BCUT2D eigenvalue weighted by Crippen LogP contribution is -2.57. The summed E-state index contributed by atoms with van der Waals surface area (Å²) in [6.45, 7) is 3.30. The Kier molecular flexibility index (Phi) is 5.81. The van der Waals surface area contributed by atoms with Gasteiger partial charge in [0.25, 0.3) is 5.91 Å². The van der Waals surface area contributed by atoms with Crippen LogP contribution in [-0.2, 0) is 24.9 Å². The Morgan fingerprint density at radius 2 is 2.07 bits per heavy atom. The largest absolute Gasteiger partial charge is 0.379 e. The molecule has 2 heterocycles. The van der Waals surface area contributed by atoms with Crippen molar-refractivity contribution >= 4 is 5.91 Å². The first-order chi connectivity index (χ1) is 13.2. The Morgan fingerprint density at radius 3 is 2.71 bits per heavy atom. The molecule has 0 unspecified atom stereocenters. The number of benzene rings is 1. The van der Waals surface area contributed by atoms with E-state index < -0.39 is 17.2 Å². The van der Waals surface area contributed by atoms with E-state index >= 15 is 0 Å². The first-order valence-electron chi connectivity index (χ1n) is 9.31. The topological polar surface area (TPSA) is 61.6 Å². The first kappa shape index (κ1) is 20.4. The van der Waals surface area contributed by atoms with Crippen molar-refractivity contribution in [2.24, 2.45) is 7.05 Å². The predicted octanol–water partition coefficient (Wildman–Crippen LogP) is 1.99. The van der Waals surface area contributed by atoms with E-state index in [1.807, 2.05) is 32.1 Å². The van der Waals surface area contributed by atoms with E-state index in [2.05, 4.69) is 5.10 Å². The Bertz CT molecular complexity index is 870. The number of likely N-dealkylation sites (N-methyl/N-ethyl adjacent to an activating group) is 1. The number of hydrogen-bond acceptors (Lipinski definition) is 4. The number of amides is 1. The summed E-state index contributed by atoms with van der Waals surface area (Å²) in [5.41, 5.74) is 0.949. The number of halogens is 2. The molecule has 28 heavy (non-hydrogen) atoms. The van der Waals surface area contributed by atoms with Crippen LogP contribution in [0.5, 0.6) is 0 Å². The predicted molar refractivity (Wildman–Crippen MR) is 100 cm³/mol. The van der Waals surface area contributed by atoms with Crippen molar-refractivity contribution in [2.45, 2.75) is 38.5 Å². The van der Waals surface area contributed by atoms with Gasteiger partial charge < -0.3 is 10.0 Å². The van der Waals surface area contributed by atoms with Crippen LogP contribution in [0, 0.1) is 18.6 Å². The van der Waals surface area contributed by atoms with E-state index in [0.29, 0.717) is 31.5 Å². The molecule has 3 rings (SSSR count). The highest BCUT2D eigenvalue weighted by molar-refractivity contribution is 5.86. The normalized spacial score (nSPS) is 20.2. The fourth-order valence-corrected chi connectivity index (χ4v) is 3.82. The number of aromatic nitrogens is 2. The molecule has 0 spiro atoms. The molecule has 1 N–H and O–H groups in total. The standard InChI is InChI=1S/C20H26F2N4O2/c1-14-16(12-25(3)23-14)11-24(2)13-20(28)7-4-8-26(19(20)27)10-15-5-6-17(21)18(22)9-15/h5-6,9,12,28H,4,7-8,10-11,13H2,1-3H3/t20-/m1/s1. The van der Waals surface area contributed by atoms with Crippen LogP contribution in [0.2, 0.25) is 0 Å². The Balaban J connectivity index is 1.67. The van der Waals surface area contributed by atoms with E-state index in [1.54, 1.807) is 4.68 Å². The molecule has 0 radical (unpaired) electrons. The number of nitrogens with zero attached hydrogens (tertiary/aromatic N) is 4. The summed E-state index contributed by atoms with van der Waals surface area (Å²) in [6.07, 6.45) is 2.94. The van der Waals surface area contributed by atoms with Gasteiger partial charge in [0.1, 0.15) is 0 Å². The van der Waals surface area contributed by atoms with E-state index in [9.17, 15) is 18.7 Å². The van der Waals surface area contributed by atoms with E-state index in [0.717, 1.165) is 23.4 Å². The van der Waals surface area contributed by atoms with Crippen molar-refractivity contribution in [3.8, 4) is 0 Å². The summed E-state index contributed by atoms with van der Waals surface area (Å²) < 4.78 is 28.3. The number of likely N-dealkylation sites (tertiary alicyclic amines) is 1. The van der Waals surface area contributed by atoms with E-state index in [-0.39, 0.29) is 19.0 Å². The first-order valence-corrected chi connectivity index (χ1v) is 9.31. The maximum Gasteiger partial charge on any atom is 0.256 e. The van der Waals surface area contributed by atoms with Gasteiger partial charge in [-0.05, 0) is 44.5 Å². The SMILES string of the molecule is Cc1nn(C)cc1CN(C)C[C@]1(O)CCCN(Cc2ccc(F)c(F)c2)C1=O. The average Bonchev–Trinajstić information content (AvgIpc) is 2.92. The molecular formula is C20H26F2N4O2. The smallest absolute Gasteiger partial charge is 0.256 e. The molecule has 8 heteroatoms. The zero-order chi connectivity index (χ0) is 20.5. The monoisotopic (exact) mass is 392 g/mol. The number of aliphatic hydroxyl groups is 1. The second-order valence-corrected chi connectivity index (χ2v) is 7.70. The van der Waals surface area contributed by atoms with Gasteiger partial charge in [0, 0.05) is 45.0 Å². The number of rotatable bonds is 6. The summed E-state index contributed by atoms with van der Waals surface area (Å²) >= 11 is 0. The zero-order valence-corrected chi connectivity index (χ0v) is 16.5. The lowest BCUT2D eigenvalue weighted by atomic mass is 9.90. The molecule has 1 aromatic carbocycles. The van der Waals surface area contributed by atoms with Crippen molar-refractivity contribution in [1.82, 2.24) is 19.6 Å². The van der Waals surface area contributed by atoms with Gasteiger partial charge in [-0.3, -0.25) is 14.4 Å². The number of carbonyl (C=O) groups is 1. The molecule has 0 saturated carbocycles. The third kappa shape index (κ3) is 4.39. The second-order valence-electron chi connectivity index (χ2n) is 7.70. The molecule has 152 valence electrons. The van der Waals surface area contributed by atoms with Gasteiger partial charge in [0.15, 0.2) is 17.2 Å². The highest BCUT2D eigenvalue weighted by atomic mass is 19.2. The Morgan fingerprint density at radius 1 is 1.32 bits per heavy atom. The molecule has 6 nitrogen and oxygen atoms in total. The van der Waals surface area contributed by atoms with E-state index in [4.69, 9.17) is 0 Å². The van der Waals surface area contributed by atoms with Gasteiger partial charge in [0.05, 0.1) is 5.69 Å². The summed E-state index contributed by atoms with van der Waals surface area (Å²) in [5.74, 6) is -2.24. The zero-order valence-electron chi connectivity index (χ0n) is 16.5. The molecule has 2 aromatic rings. The molecule has 1 atom stereocenters. The molecule has 1 aliphatic heterocycles. The van der Waals surface area contributed by atoms with Crippen LogP contribution in [0.25, 0.3) is 0 Å². The second kappa shape index (κ2) is 7.97. The van der Waals surface area contributed by atoms with Crippen molar-refractivity contribution < 1.29 is 18.7 Å². The van der Waals surface area contributed by atoms with E-state index in [1.165, 1.54) is 11.0 Å². The molecular weight excluding hydrogens is 366 g/mol. The molecule has 1 amide bonds. The van der Waals surface area contributed by atoms with Crippen LogP contribution in [0.4, 0.5) is 8.78 Å². The minimum Gasteiger partial charge on any atom is -0.379 e. The third-order valence-electron chi connectivity index (χ3n) is 5.15. The summed E-state index contributed by atoms with van der Waals surface area (Å²) in [5, 5.41) is 15.3. The highest BCUT2D eigenvalue weighted by Crippen LogP contribution is 2.26. The molecule has 1 aromatic heterocycles. The van der Waals surface area contributed by atoms with Crippen LogP contribution < -0.4 is 0 Å². The number of piperidine rings is 1. The van der Waals surface area contributed by atoms with Crippen LogP contribution in [-0.4, -0.2) is 56.3 Å². The minimum atomic E-state index is -1.50. The van der Waals surface area contributed by atoms with Crippen molar-refractivity contribution in [3.05, 3.63) is 52.9 Å². The lowest BCUT2D eigenvalue weighted by Gasteiger charge is -2.40. The number of carbonyl (C=O) groups excluding carboxylic acids is 1. The third-order valence-corrected chi connectivity index (χ3v) is 5.15. The van der Waals surface area contributed by atoms with Crippen LogP contribution in [0.15, 0.2) is 24.4 Å². The lowest BCUT2D eigenvalue weighted by molar-refractivity contribution is -0.160. The van der Waals surface area contributed by atoms with Crippen molar-refractivity contribution in [3.63, 3.8) is 0 Å². The summed E-state index contributed by atoms with van der Waals surface area (Å²) in [7, 11) is 3.71. The summed E-state index contributed by atoms with van der Waals surface area (Å²) in [6, 6.07) is 3.60. The molecule has 1 fully saturated rings. The van der Waals surface area contributed by atoms with Gasteiger partial charge in [-0.2, -0.15) is 5.10 Å². The van der Waals surface area contributed by atoms with Gasteiger partial charge in [-0.1, -0.05) is 6.07 Å². The fraction of sp³-hybridized carbons (Fsp3) is 0.500. The van der Waals surface area contributed by atoms with Gasteiger partial charge in [-0.15, -0.1) is 0 Å². The van der Waals surface area contributed by atoms with Crippen molar-refractivity contribution in [2.75, 3.05) is 20.1 Å². The number of aryl methyl sites for hydroxylation is 2. The maximum atomic E-state index is 13.5. The maximum absolute atomic E-state index is 13.5. The summed E-state index contributed by atoms with van der Waals surface area (Å²) in [4.78, 5) is 16.3. The van der Waals surface area contributed by atoms with Gasteiger partial charge in [0.2, 0.25) is 0 Å². The van der Waals surface area contributed by atoms with Gasteiger partial charge in [-0.25, -0.2) is 8.78 Å². The van der Waals surface area contributed by atoms with Crippen LogP contribution in [0.1, 0.15) is 29.7 Å². The molecule has 0 bridgehead atoms. The minimum absolute atomic E-state index is 0.143. The Hall–Kier alpha value is -2.32. The molecule has 1 aliphatic rings. The highest BCUT2D eigenvalue weighted by Gasteiger charge is 2.42. The average molecular weight is 392 g/mol. The van der Waals surface area contributed by atoms with Gasteiger partial charge >= 0.3 is 0 Å². The quantitative estimate of drug-likeness (QED) is 0.817. The molecule has 1 saturated heterocycles. The van der Waals surface area contributed by atoms with Crippen LogP contribution >= 0.6 is 0 Å². The van der Waals surface area contributed by atoms with Crippen LogP contribution in [0.3, 0.4) is 0 Å².